The zero-order valence-corrected chi connectivity index (χ0v) is 12.2. The number of rotatable bonds is 4. The van der Waals surface area contributed by atoms with Crippen molar-refractivity contribution in [2.75, 3.05) is 5.32 Å². The molecule has 2 aromatic rings. The number of thiocarbonyl (C=S) groups is 1. The van der Waals surface area contributed by atoms with Crippen LogP contribution in [0.1, 0.15) is 12.5 Å². The van der Waals surface area contributed by atoms with E-state index in [1.165, 1.54) is 10.9 Å². The minimum Gasteiger partial charge on any atom is -0.299 e. The van der Waals surface area contributed by atoms with Crippen LogP contribution in [0.2, 0.25) is 0 Å². The molecule has 1 aromatic heterocycles. The number of carbonyl (C=O) groups excluding carboxylic acids is 1. The summed E-state index contributed by atoms with van der Waals surface area (Å²) in [5.74, 6) is -0.0894. The molecule has 8 heteroatoms. The highest BCUT2D eigenvalue weighted by Gasteiger charge is 2.05. The molecule has 0 saturated carbocycles. The van der Waals surface area contributed by atoms with Crippen LogP contribution in [0.15, 0.2) is 36.4 Å². The van der Waals surface area contributed by atoms with E-state index in [4.69, 9.17) is 12.2 Å². The van der Waals surface area contributed by atoms with Gasteiger partial charge in [0.15, 0.2) is 5.11 Å². The van der Waals surface area contributed by atoms with Gasteiger partial charge in [0.05, 0.1) is 6.54 Å². The monoisotopic (exact) mass is 302 g/mol. The molecule has 2 N–H and O–H groups in total. The van der Waals surface area contributed by atoms with E-state index in [0.29, 0.717) is 6.54 Å². The number of hydrogen-bond donors (Lipinski definition) is 2. The maximum absolute atomic E-state index is 11.7. The Kier molecular flexibility index (Phi) is 5.10. The first-order chi connectivity index (χ1) is 10.2. The van der Waals surface area contributed by atoms with Gasteiger partial charge in [0.2, 0.25) is 5.91 Å². The third kappa shape index (κ3) is 4.77. The van der Waals surface area contributed by atoms with Crippen molar-refractivity contribution >= 4 is 35.3 Å². The fourth-order valence-corrected chi connectivity index (χ4v) is 1.64. The Morgan fingerprint density at radius 3 is 2.81 bits per heavy atom. The summed E-state index contributed by atoms with van der Waals surface area (Å²) in [4.78, 5) is 13.1. The van der Waals surface area contributed by atoms with Crippen LogP contribution in [0.25, 0.3) is 6.08 Å². The first-order valence-electron chi connectivity index (χ1n) is 6.30. The van der Waals surface area contributed by atoms with E-state index < -0.39 is 0 Å². The summed E-state index contributed by atoms with van der Waals surface area (Å²) in [7, 11) is 0. The van der Waals surface area contributed by atoms with Crippen molar-refractivity contribution in [1.82, 2.24) is 25.5 Å². The Hall–Kier alpha value is -2.61. The lowest BCUT2D eigenvalue weighted by Gasteiger charge is -2.03. The van der Waals surface area contributed by atoms with Crippen LogP contribution >= 0.6 is 12.2 Å². The fraction of sp³-hybridized carbons (Fsp3) is 0.154. The lowest BCUT2D eigenvalue weighted by atomic mass is 10.2. The topological polar surface area (TPSA) is 84.7 Å². The first kappa shape index (κ1) is 14.8. The predicted octanol–water partition coefficient (Wildman–Crippen LogP) is 1.22. The average molecular weight is 302 g/mol. The summed E-state index contributed by atoms with van der Waals surface area (Å²) in [6.07, 6.45) is 3.10. The van der Waals surface area contributed by atoms with Gasteiger partial charge in [-0.2, -0.15) is 4.80 Å². The largest absolute Gasteiger partial charge is 0.299 e. The van der Waals surface area contributed by atoms with Crippen LogP contribution in [0, 0.1) is 0 Å². The summed E-state index contributed by atoms with van der Waals surface area (Å²) in [5, 5.41) is 16.8. The van der Waals surface area contributed by atoms with Crippen molar-refractivity contribution in [3.05, 3.63) is 42.0 Å². The molecule has 108 valence electrons. The number of benzene rings is 1. The van der Waals surface area contributed by atoms with Crippen LogP contribution in [-0.4, -0.2) is 31.2 Å². The minimum atomic E-state index is -0.334. The number of tetrazole rings is 1. The normalized spacial score (nSPS) is 10.5. The van der Waals surface area contributed by atoms with Crippen molar-refractivity contribution < 1.29 is 4.79 Å². The quantitative estimate of drug-likeness (QED) is 0.652. The molecule has 0 aliphatic heterocycles. The molecule has 0 atom stereocenters. The molecule has 2 rings (SSSR count). The standard InChI is InChI=1S/C13H14N6OS/c1-2-19-17-12(16-18-19)15-13(21)14-11(20)9-8-10-6-4-3-5-7-10/h3-9H,2H2,1H3,(H2,14,15,17,20,21)/b9-8+. The number of carbonyl (C=O) groups is 1. The maximum Gasteiger partial charge on any atom is 0.269 e. The minimum absolute atomic E-state index is 0.119. The SMILES string of the molecule is CCn1nnc(NC(=S)NC(=O)/C=C/c2ccccc2)n1. The molecule has 0 saturated heterocycles. The number of aromatic nitrogens is 4. The fourth-order valence-electron chi connectivity index (χ4n) is 1.45. The molecule has 0 unspecified atom stereocenters. The van der Waals surface area contributed by atoms with Gasteiger partial charge in [0, 0.05) is 6.08 Å². The van der Waals surface area contributed by atoms with Gasteiger partial charge in [-0.25, -0.2) is 0 Å². The van der Waals surface area contributed by atoms with Gasteiger partial charge < -0.3 is 0 Å². The van der Waals surface area contributed by atoms with Gasteiger partial charge in [-0.1, -0.05) is 35.4 Å². The molecule has 0 bridgehead atoms. The number of hydrogen-bond acceptors (Lipinski definition) is 5. The first-order valence-corrected chi connectivity index (χ1v) is 6.71. The molecule has 0 aliphatic carbocycles. The number of nitrogens with one attached hydrogen (secondary N) is 2. The maximum atomic E-state index is 11.7. The van der Waals surface area contributed by atoms with Crippen LogP contribution in [0.5, 0.6) is 0 Å². The van der Waals surface area contributed by atoms with Gasteiger partial charge in [0.25, 0.3) is 5.95 Å². The summed E-state index contributed by atoms with van der Waals surface area (Å²) in [6.45, 7) is 2.49. The molecule has 7 nitrogen and oxygen atoms in total. The summed E-state index contributed by atoms with van der Waals surface area (Å²) < 4.78 is 0. The van der Waals surface area contributed by atoms with Crippen LogP contribution < -0.4 is 10.6 Å². The molecule has 1 aromatic carbocycles. The number of nitrogens with zero attached hydrogens (tertiary/aromatic N) is 4. The van der Waals surface area contributed by atoms with Crippen LogP contribution in [0.3, 0.4) is 0 Å². The highest BCUT2D eigenvalue weighted by atomic mass is 32.1. The summed E-state index contributed by atoms with van der Waals surface area (Å²) in [6, 6.07) is 9.49. The van der Waals surface area contributed by atoms with E-state index in [0.717, 1.165) is 5.56 Å². The van der Waals surface area contributed by atoms with Gasteiger partial charge in [0.1, 0.15) is 0 Å². The van der Waals surface area contributed by atoms with Crippen LogP contribution in [0.4, 0.5) is 5.95 Å². The molecule has 21 heavy (non-hydrogen) atoms. The van der Waals surface area contributed by atoms with Crippen molar-refractivity contribution in [3.63, 3.8) is 0 Å². The van der Waals surface area contributed by atoms with Crippen molar-refractivity contribution in [2.45, 2.75) is 13.5 Å². The Labute approximate surface area is 127 Å². The van der Waals surface area contributed by atoms with Gasteiger partial charge in [-0.15, -0.1) is 5.10 Å². The van der Waals surface area contributed by atoms with E-state index in [1.807, 2.05) is 37.3 Å². The Bertz CT molecular complexity index is 652. The molecular formula is C13H14N6OS. The molecule has 0 aliphatic rings. The highest BCUT2D eigenvalue weighted by molar-refractivity contribution is 7.80. The second-order valence-corrected chi connectivity index (χ2v) is 4.40. The van der Waals surface area contributed by atoms with E-state index >= 15 is 0 Å². The second-order valence-electron chi connectivity index (χ2n) is 3.99. The second kappa shape index (κ2) is 7.25. The van der Waals surface area contributed by atoms with Crippen molar-refractivity contribution in [1.29, 1.82) is 0 Å². The van der Waals surface area contributed by atoms with E-state index in [1.54, 1.807) is 6.08 Å². The number of amides is 1. The molecule has 1 heterocycles. The van der Waals surface area contributed by atoms with Gasteiger partial charge >= 0.3 is 0 Å². The number of anilines is 1. The van der Waals surface area contributed by atoms with Crippen LogP contribution in [-0.2, 0) is 11.3 Å². The van der Waals surface area contributed by atoms with Gasteiger partial charge in [-0.05, 0) is 36.0 Å². The lowest BCUT2D eigenvalue weighted by molar-refractivity contribution is -0.115. The van der Waals surface area contributed by atoms with Gasteiger partial charge in [-0.3, -0.25) is 15.4 Å². The summed E-state index contributed by atoms with van der Waals surface area (Å²) >= 11 is 4.99. The molecule has 0 fully saturated rings. The summed E-state index contributed by atoms with van der Waals surface area (Å²) in [5.41, 5.74) is 0.930. The molecule has 1 amide bonds. The Balaban J connectivity index is 1.84. The average Bonchev–Trinajstić information content (AvgIpc) is 2.93. The van der Waals surface area contributed by atoms with E-state index in [-0.39, 0.29) is 17.0 Å². The third-order valence-corrected chi connectivity index (χ3v) is 2.63. The Morgan fingerprint density at radius 2 is 2.14 bits per heavy atom. The lowest BCUT2D eigenvalue weighted by Crippen LogP contribution is -2.33. The van der Waals surface area contributed by atoms with Crippen molar-refractivity contribution in [2.24, 2.45) is 0 Å². The smallest absolute Gasteiger partial charge is 0.269 e. The van der Waals surface area contributed by atoms with E-state index in [9.17, 15) is 4.79 Å². The molecular weight excluding hydrogens is 288 g/mol. The van der Waals surface area contributed by atoms with E-state index in [2.05, 4.69) is 26.0 Å². The zero-order valence-electron chi connectivity index (χ0n) is 11.4. The zero-order chi connectivity index (χ0) is 15.1. The number of aryl methyl sites for hydroxylation is 1. The van der Waals surface area contributed by atoms with Crippen molar-refractivity contribution in [3.8, 4) is 0 Å². The Morgan fingerprint density at radius 1 is 1.38 bits per heavy atom. The third-order valence-electron chi connectivity index (χ3n) is 2.42. The molecule has 0 radical (unpaired) electrons. The molecule has 0 spiro atoms. The predicted molar refractivity (Wildman–Crippen MR) is 83.3 cm³/mol. The highest BCUT2D eigenvalue weighted by Crippen LogP contribution is 2.00.